The number of rotatable bonds is 5. The van der Waals surface area contributed by atoms with Crippen LogP contribution in [0.15, 0.2) is 255 Å². The van der Waals surface area contributed by atoms with Crippen LogP contribution in [0.5, 0.6) is 0 Å². The lowest BCUT2D eigenvalue weighted by molar-refractivity contribution is 1.63. The number of hydrogen-bond donors (Lipinski definition) is 0. The number of benzene rings is 14. The molecule has 0 bridgehead atoms. The molecule has 0 radical (unpaired) electrons. The van der Waals surface area contributed by atoms with Crippen LogP contribution >= 0.6 is 22.7 Å². The fraction of sp³-hybridized carbons (Fsp3) is 0. The molecule has 0 aliphatic rings. The van der Waals surface area contributed by atoms with Gasteiger partial charge in [0.2, 0.25) is 0 Å². The maximum Gasteiger partial charge on any atom is 0.0440 e. The second kappa shape index (κ2) is 16.3. The van der Waals surface area contributed by atoms with Crippen molar-refractivity contribution in [3.63, 3.8) is 0 Å². The van der Waals surface area contributed by atoms with Gasteiger partial charge in [0.25, 0.3) is 0 Å². The van der Waals surface area contributed by atoms with Gasteiger partial charge in [0.15, 0.2) is 0 Å². The van der Waals surface area contributed by atoms with Crippen LogP contribution < -0.4 is 0 Å². The van der Waals surface area contributed by atoms with Crippen molar-refractivity contribution in [2.45, 2.75) is 0 Å². The Morgan fingerprint density at radius 3 is 1.03 bits per heavy atom. The molecule has 0 fully saturated rings. The molecule has 0 aliphatic carbocycles. The van der Waals surface area contributed by atoms with E-state index in [9.17, 15) is 0 Å². The molecule has 0 nitrogen and oxygen atoms in total. The van der Waals surface area contributed by atoms with Gasteiger partial charge in [-0.3, -0.25) is 0 Å². The maximum atomic E-state index is 2.57. The SMILES string of the molecule is c1ccc(-c2c3ccccc3c(-c3cc4cc(-c5c6ccccc6c(-c6ccc(-c7cccc8ccccc78)cc6)c6ccccc56)c5sc6ccccc6c5c4c4c3sc3ccccc34)c3ccccc23)cc1. The molecule has 0 aliphatic heterocycles. The number of fused-ring (bicyclic) bond motifs is 14. The number of hydrogen-bond acceptors (Lipinski definition) is 2. The van der Waals surface area contributed by atoms with Crippen molar-refractivity contribution < 1.29 is 0 Å². The molecule has 16 rings (SSSR count). The quantitative estimate of drug-likeness (QED) is 0.151. The van der Waals surface area contributed by atoms with Crippen molar-refractivity contribution in [1.29, 1.82) is 0 Å². The zero-order chi connectivity index (χ0) is 48.4. The third-order valence-corrected chi connectivity index (χ3v) is 18.2. The summed E-state index contributed by atoms with van der Waals surface area (Å²) in [6, 6.07) is 95.4. The highest BCUT2D eigenvalue weighted by Gasteiger charge is 2.26. The summed E-state index contributed by atoms with van der Waals surface area (Å²) in [5, 5.41) is 20.5. The standard InChI is InChI=1S/C72H42S2/c1-2-20-45(21-3-1)64-50-24-6-10-28-54(50)67(55-29-11-7-25-51(55)64)60-41-47-42-61(72-70(59-33-15-17-36-63(59)74-72)66(47)69-58-32-14-16-35-62(58)73-71(60)69)68-56-30-12-8-26-52(56)65(53-27-9-13-31-57(53)68)46-39-37-44(38-40-46)49-34-18-22-43-19-4-5-23-48(43)49/h1-42H. The normalized spacial score (nSPS) is 12.1. The zero-order valence-corrected chi connectivity index (χ0v) is 41.7. The average Bonchev–Trinajstić information content (AvgIpc) is 4.06. The van der Waals surface area contributed by atoms with Crippen LogP contribution in [0.1, 0.15) is 0 Å². The van der Waals surface area contributed by atoms with E-state index in [1.54, 1.807) is 0 Å². The highest BCUT2D eigenvalue weighted by molar-refractivity contribution is 7.27. The van der Waals surface area contributed by atoms with Crippen LogP contribution in [0.4, 0.5) is 0 Å². The first-order chi connectivity index (χ1) is 36.7. The van der Waals surface area contributed by atoms with Gasteiger partial charge in [-0.15, -0.1) is 22.7 Å². The molecule has 16 aromatic rings. The fourth-order valence-corrected chi connectivity index (χ4v) is 15.2. The fourth-order valence-electron chi connectivity index (χ4n) is 12.7. The molecule has 14 aromatic carbocycles. The Labute approximate surface area is 435 Å². The molecule has 342 valence electrons. The minimum atomic E-state index is 1.22. The molecule has 0 N–H and O–H groups in total. The van der Waals surface area contributed by atoms with Gasteiger partial charge in [0.1, 0.15) is 0 Å². The Bertz CT molecular complexity index is 4880. The second-order valence-electron chi connectivity index (χ2n) is 19.7. The summed E-state index contributed by atoms with van der Waals surface area (Å²) in [7, 11) is 0. The molecular formula is C72H42S2. The van der Waals surface area contributed by atoms with Crippen molar-refractivity contribution in [3.8, 4) is 55.6 Å². The van der Waals surface area contributed by atoms with E-state index in [-0.39, 0.29) is 0 Å². The first kappa shape index (κ1) is 41.7. The monoisotopic (exact) mass is 970 g/mol. The second-order valence-corrected chi connectivity index (χ2v) is 21.8. The predicted molar refractivity (Wildman–Crippen MR) is 324 cm³/mol. The van der Waals surface area contributed by atoms with Crippen LogP contribution in [0.25, 0.3) is 161 Å². The van der Waals surface area contributed by atoms with Crippen molar-refractivity contribution in [2.24, 2.45) is 0 Å². The molecule has 2 heterocycles. The molecule has 0 atom stereocenters. The van der Waals surface area contributed by atoms with Gasteiger partial charge >= 0.3 is 0 Å². The lowest BCUT2D eigenvalue weighted by atomic mass is 9.83. The largest absolute Gasteiger partial charge is 0.135 e. The summed E-state index contributed by atoms with van der Waals surface area (Å²) in [5.74, 6) is 0. The Morgan fingerprint density at radius 2 is 0.554 bits per heavy atom. The average molecular weight is 971 g/mol. The summed E-state index contributed by atoms with van der Waals surface area (Å²) in [4.78, 5) is 0. The van der Waals surface area contributed by atoms with Crippen LogP contribution in [-0.4, -0.2) is 0 Å². The van der Waals surface area contributed by atoms with Crippen LogP contribution in [0, 0.1) is 0 Å². The summed E-state index contributed by atoms with van der Waals surface area (Å²) < 4.78 is 5.27. The lowest BCUT2D eigenvalue weighted by Gasteiger charge is -2.20. The van der Waals surface area contributed by atoms with Crippen molar-refractivity contribution in [2.75, 3.05) is 0 Å². The molecular weight excluding hydrogens is 929 g/mol. The summed E-state index contributed by atoms with van der Waals surface area (Å²) in [5.41, 5.74) is 12.6. The maximum absolute atomic E-state index is 2.57. The van der Waals surface area contributed by atoms with E-state index in [0.717, 1.165) is 0 Å². The Hall–Kier alpha value is -8.92. The first-order valence-electron chi connectivity index (χ1n) is 25.5. The van der Waals surface area contributed by atoms with Crippen LogP contribution in [-0.2, 0) is 0 Å². The summed E-state index contributed by atoms with van der Waals surface area (Å²) in [6.45, 7) is 0. The van der Waals surface area contributed by atoms with Gasteiger partial charge in [-0.25, -0.2) is 0 Å². The highest BCUT2D eigenvalue weighted by atomic mass is 32.1. The topological polar surface area (TPSA) is 0 Å². The number of thiophene rings is 2. The van der Waals surface area contributed by atoms with E-state index in [1.165, 1.54) is 161 Å². The Kier molecular flexibility index (Phi) is 9.18. The highest BCUT2D eigenvalue weighted by Crippen LogP contribution is 2.55. The molecule has 0 amide bonds. The van der Waals surface area contributed by atoms with E-state index in [1.807, 2.05) is 22.7 Å². The van der Waals surface area contributed by atoms with E-state index < -0.39 is 0 Å². The van der Waals surface area contributed by atoms with E-state index in [2.05, 4.69) is 255 Å². The van der Waals surface area contributed by atoms with Crippen molar-refractivity contribution >= 4 is 128 Å². The molecule has 2 aromatic heterocycles. The van der Waals surface area contributed by atoms with Gasteiger partial charge in [-0.2, -0.15) is 0 Å². The minimum absolute atomic E-state index is 1.22. The summed E-state index contributed by atoms with van der Waals surface area (Å²) >= 11 is 3.88. The third kappa shape index (κ3) is 6.07. The van der Waals surface area contributed by atoms with Gasteiger partial charge in [0.05, 0.1) is 0 Å². The minimum Gasteiger partial charge on any atom is -0.135 e. The van der Waals surface area contributed by atoms with Crippen LogP contribution in [0.2, 0.25) is 0 Å². The molecule has 74 heavy (non-hydrogen) atoms. The molecule has 0 saturated carbocycles. The van der Waals surface area contributed by atoms with Crippen molar-refractivity contribution in [3.05, 3.63) is 255 Å². The predicted octanol–water partition coefficient (Wildman–Crippen LogP) is 21.7. The van der Waals surface area contributed by atoms with Gasteiger partial charge in [0, 0.05) is 56.9 Å². The van der Waals surface area contributed by atoms with Gasteiger partial charge in [-0.05, 0) is 128 Å². The van der Waals surface area contributed by atoms with Gasteiger partial charge in [-0.1, -0.05) is 231 Å². The van der Waals surface area contributed by atoms with Crippen LogP contribution in [0.3, 0.4) is 0 Å². The molecule has 0 spiro atoms. The van der Waals surface area contributed by atoms with E-state index >= 15 is 0 Å². The lowest BCUT2D eigenvalue weighted by Crippen LogP contribution is -1.93. The summed E-state index contributed by atoms with van der Waals surface area (Å²) in [6.07, 6.45) is 0. The molecule has 2 heteroatoms. The van der Waals surface area contributed by atoms with E-state index in [0.29, 0.717) is 0 Å². The molecule has 0 saturated heterocycles. The first-order valence-corrected chi connectivity index (χ1v) is 27.1. The molecule has 0 unspecified atom stereocenters. The smallest absolute Gasteiger partial charge is 0.0440 e. The zero-order valence-electron chi connectivity index (χ0n) is 40.1. The van der Waals surface area contributed by atoms with E-state index in [4.69, 9.17) is 0 Å². The van der Waals surface area contributed by atoms with Crippen molar-refractivity contribution in [1.82, 2.24) is 0 Å². The van der Waals surface area contributed by atoms with Gasteiger partial charge < -0.3 is 0 Å². The third-order valence-electron chi connectivity index (χ3n) is 15.8. The Balaban J connectivity index is 1.02. The Morgan fingerprint density at radius 1 is 0.203 bits per heavy atom.